The highest BCUT2D eigenvalue weighted by molar-refractivity contribution is 6.06. The number of anilines is 3. The van der Waals surface area contributed by atoms with Crippen molar-refractivity contribution in [1.29, 1.82) is 0 Å². The molecule has 1 amide bonds. The molecule has 5 heteroatoms. The molecule has 0 saturated carbocycles. The summed E-state index contributed by atoms with van der Waals surface area (Å²) in [5.41, 5.74) is 2.93. The van der Waals surface area contributed by atoms with Crippen LogP contribution < -0.4 is 20.1 Å². The monoisotopic (exact) mass is 348 g/mol. The van der Waals surface area contributed by atoms with Crippen LogP contribution in [0.4, 0.5) is 17.1 Å². The lowest BCUT2D eigenvalue weighted by molar-refractivity contribution is 0.102. The Bertz CT molecular complexity index is 895. The number of carbonyl (C=O) groups is 1. The zero-order valence-corrected chi connectivity index (χ0v) is 14.7. The Labute approximate surface area is 152 Å². The molecule has 0 fully saturated rings. The average molecular weight is 348 g/mol. The molecule has 0 heterocycles. The van der Waals surface area contributed by atoms with E-state index in [9.17, 15) is 4.79 Å². The van der Waals surface area contributed by atoms with Crippen LogP contribution in [0.15, 0.2) is 72.8 Å². The summed E-state index contributed by atoms with van der Waals surface area (Å²) in [7, 11) is 3.10. The number of hydrogen-bond donors (Lipinski definition) is 2. The van der Waals surface area contributed by atoms with E-state index in [0.717, 1.165) is 11.4 Å². The Morgan fingerprint density at radius 3 is 2.12 bits per heavy atom. The Morgan fingerprint density at radius 2 is 1.42 bits per heavy atom. The van der Waals surface area contributed by atoms with Gasteiger partial charge in [0.2, 0.25) is 0 Å². The number of rotatable bonds is 6. The molecule has 0 aliphatic rings. The van der Waals surface area contributed by atoms with Gasteiger partial charge in [0.05, 0.1) is 25.6 Å². The maximum absolute atomic E-state index is 12.7. The van der Waals surface area contributed by atoms with Crippen molar-refractivity contribution in [1.82, 2.24) is 0 Å². The first-order valence-electron chi connectivity index (χ1n) is 8.15. The summed E-state index contributed by atoms with van der Waals surface area (Å²) in [5.74, 6) is 0.860. The second-order valence-electron chi connectivity index (χ2n) is 5.56. The molecule has 0 saturated heterocycles. The highest BCUT2D eigenvalue weighted by Gasteiger charge is 2.12. The Kier molecular flexibility index (Phi) is 5.39. The molecule has 5 nitrogen and oxygen atoms in total. The van der Waals surface area contributed by atoms with Crippen LogP contribution in [0.1, 0.15) is 10.4 Å². The first-order valence-corrected chi connectivity index (χ1v) is 8.15. The van der Waals surface area contributed by atoms with E-state index in [1.807, 2.05) is 54.6 Å². The van der Waals surface area contributed by atoms with Gasteiger partial charge in [0.1, 0.15) is 0 Å². The number of carbonyl (C=O) groups excluding carboxylic acids is 1. The van der Waals surface area contributed by atoms with Gasteiger partial charge in [-0.3, -0.25) is 4.79 Å². The fourth-order valence-corrected chi connectivity index (χ4v) is 2.55. The van der Waals surface area contributed by atoms with E-state index in [-0.39, 0.29) is 5.91 Å². The summed E-state index contributed by atoms with van der Waals surface area (Å²) < 4.78 is 10.5. The van der Waals surface area contributed by atoms with Crippen LogP contribution in [0.2, 0.25) is 0 Å². The third kappa shape index (κ3) is 3.95. The summed E-state index contributed by atoms with van der Waals surface area (Å²) in [6, 6.07) is 22.4. The van der Waals surface area contributed by atoms with Gasteiger partial charge in [0.25, 0.3) is 5.91 Å². The van der Waals surface area contributed by atoms with Gasteiger partial charge in [0, 0.05) is 11.3 Å². The fraction of sp³-hybridized carbons (Fsp3) is 0.0952. The number of methoxy groups -OCH3 is 2. The molecule has 0 aromatic heterocycles. The number of hydrogen-bond acceptors (Lipinski definition) is 4. The van der Waals surface area contributed by atoms with Crippen molar-refractivity contribution < 1.29 is 14.3 Å². The van der Waals surface area contributed by atoms with Crippen molar-refractivity contribution in [2.45, 2.75) is 0 Å². The third-order valence-corrected chi connectivity index (χ3v) is 3.87. The minimum Gasteiger partial charge on any atom is -0.493 e. The van der Waals surface area contributed by atoms with Crippen LogP contribution in [-0.2, 0) is 0 Å². The van der Waals surface area contributed by atoms with Gasteiger partial charge >= 0.3 is 0 Å². The van der Waals surface area contributed by atoms with Crippen LogP contribution in [-0.4, -0.2) is 20.1 Å². The highest BCUT2D eigenvalue weighted by atomic mass is 16.5. The minimum atomic E-state index is -0.228. The lowest BCUT2D eigenvalue weighted by Crippen LogP contribution is -2.13. The van der Waals surface area contributed by atoms with Gasteiger partial charge in [-0.1, -0.05) is 30.3 Å². The van der Waals surface area contributed by atoms with Crippen LogP contribution >= 0.6 is 0 Å². The Morgan fingerprint density at radius 1 is 0.769 bits per heavy atom. The quantitative estimate of drug-likeness (QED) is 0.678. The van der Waals surface area contributed by atoms with Gasteiger partial charge in [-0.15, -0.1) is 0 Å². The summed E-state index contributed by atoms with van der Waals surface area (Å²) in [6.07, 6.45) is 0. The number of ether oxygens (including phenoxy) is 2. The number of nitrogens with one attached hydrogen (secondary N) is 2. The zero-order valence-electron chi connectivity index (χ0n) is 14.7. The molecule has 26 heavy (non-hydrogen) atoms. The van der Waals surface area contributed by atoms with Crippen molar-refractivity contribution in [2.24, 2.45) is 0 Å². The van der Waals surface area contributed by atoms with E-state index in [2.05, 4.69) is 10.6 Å². The minimum absolute atomic E-state index is 0.228. The molecule has 0 aliphatic heterocycles. The summed E-state index contributed by atoms with van der Waals surface area (Å²) in [5, 5.41) is 6.25. The van der Waals surface area contributed by atoms with Crippen LogP contribution in [0.5, 0.6) is 11.5 Å². The number of amides is 1. The van der Waals surface area contributed by atoms with Gasteiger partial charge < -0.3 is 20.1 Å². The molecule has 0 radical (unpaired) electrons. The van der Waals surface area contributed by atoms with E-state index in [1.54, 1.807) is 32.4 Å². The molecule has 0 bridgehead atoms. The van der Waals surface area contributed by atoms with E-state index in [1.165, 1.54) is 0 Å². The zero-order chi connectivity index (χ0) is 18.4. The normalized spacial score (nSPS) is 10.1. The van der Waals surface area contributed by atoms with Crippen molar-refractivity contribution in [3.8, 4) is 11.5 Å². The van der Waals surface area contributed by atoms with E-state index in [4.69, 9.17) is 9.47 Å². The maximum Gasteiger partial charge on any atom is 0.255 e. The summed E-state index contributed by atoms with van der Waals surface area (Å²) in [4.78, 5) is 12.7. The van der Waals surface area contributed by atoms with E-state index >= 15 is 0 Å². The van der Waals surface area contributed by atoms with Gasteiger partial charge in [-0.05, 0) is 42.5 Å². The standard InChI is InChI=1S/C21H20N2O3/c1-25-19-13-12-15(14-20(19)26-2)21(24)23-18-11-7-6-10-17(18)22-16-8-4-3-5-9-16/h3-14,22H,1-2H3,(H,23,24). The summed E-state index contributed by atoms with van der Waals surface area (Å²) >= 11 is 0. The second kappa shape index (κ2) is 8.07. The van der Waals surface area contributed by atoms with Crippen molar-refractivity contribution >= 4 is 23.0 Å². The van der Waals surface area contributed by atoms with Gasteiger partial charge in [-0.2, -0.15) is 0 Å². The molecule has 0 unspecified atom stereocenters. The average Bonchev–Trinajstić information content (AvgIpc) is 2.69. The first kappa shape index (κ1) is 17.4. The molecule has 132 valence electrons. The van der Waals surface area contributed by atoms with Crippen LogP contribution in [0.25, 0.3) is 0 Å². The molecule has 0 spiro atoms. The topological polar surface area (TPSA) is 59.6 Å². The summed E-state index contributed by atoms with van der Waals surface area (Å²) in [6.45, 7) is 0. The second-order valence-corrected chi connectivity index (χ2v) is 5.56. The Hall–Kier alpha value is -3.47. The third-order valence-electron chi connectivity index (χ3n) is 3.87. The molecular formula is C21H20N2O3. The largest absolute Gasteiger partial charge is 0.493 e. The molecule has 0 atom stereocenters. The molecule has 3 rings (SSSR count). The first-order chi connectivity index (χ1) is 12.7. The smallest absolute Gasteiger partial charge is 0.255 e. The Balaban J connectivity index is 1.82. The van der Waals surface area contributed by atoms with Crippen LogP contribution in [0.3, 0.4) is 0 Å². The highest BCUT2D eigenvalue weighted by Crippen LogP contribution is 2.29. The van der Waals surface area contributed by atoms with Crippen LogP contribution in [0, 0.1) is 0 Å². The molecule has 2 N–H and O–H groups in total. The van der Waals surface area contributed by atoms with Crippen molar-refractivity contribution in [2.75, 3.05) is 24.9 Å². The lowest BCUT2D eigenvalue weighted by Gasteiger charge is -2.14. The lowest BCUT2D eigenvalue weighted by atomic mass is 10.1. The predicted molar refractivity (Wildman–Crippen MR) is 104 cm³/mol. The predicted octanol–water partition coefficient (Wildman–Crippen LogP) is 4.70. The van der Waals surface area contributed by atoms with Gasteiger partial charge in [0.15, 0.2) is 11.5 Å². The molecular weight excluding hydrogens is 328 g/mol. The van der Waals surface area contributed by atoms with Gasteiger partial charge in [-0.25, -0.2) is 0 Å². The van der Waals surface area contributed by atoms with E-state index in [0.29, 0.717) is 22.7 Å². The molecule has 3 aromatic rings. The van der Waals surface area contributed by atoms with E-state index < -0.39 is 0 Å². The molecule has 3 aromatic carbocycles. The SMILES string of the molecule is COc1ccc(C(=O)Nc2ccccc2Nc2ccccc2)cc1OC. The molecule has 0 aliphatic carbocycles. The number of para-hydroxylation sites is 3. The van der Waals surface area contributed by atoms with Crippen molar-refractivity contribution in [3.63, 3.8) is 0 Å². The van der Waals surface area contributed by atoms with Crippen molar-refractivity contribution in [3.05, 3.63) is 78.4 Å². The maximum atomic E-state index is 12.7. The number of benzene rings is 3. The fourth-order valence-electron chi connectivity index (χ4n) is 2.55.